The number of hydrogen-bond donors (Lipinski definition) is 2. The molecule has 2 aromatic heterocycles. The Bertz CT molecular complexity index is 1110. The molecule has 2 N–H and O–H groups in total. The molecule has 4 rings (SSSR count). The van der Waals surface area contributed by atoms with Crippen LogP contribution in [0.1, 0.15) is 16.7 Å². The van der Waals surface area contributed by atoms with Crippen molar-refractivity contribution < 1.29 is 0 Å². The van der Waals surface area contributed by atoms with Crippen LogP contribution in [-0.2, 0) is 0 Å². The highest BCUT2D eigenvalue weighted by molar-refractivity contribution is 5.86. The van der Waals surface area contributed by atoms with E-state index in [0.29, 0.717) is 22.9 Å². The summed E-state index contributed by atoms with van der Waals surface area (Å²) in [5, 5.41) is 6.60. The van der Waals surface area contributed by atoms with Gasteiger partial charge in [-0.3, -0.25) is 0 Å². The predicted octanol–water partition coefficient (Wildman–Crippen LogP) is 4.83. The van der Waals surface area contributed by atoms with E-state index in [1.807, 2.05) is 30.3 Å². The van der Waals surface area contributed by atoms with Gasteiger partial charge in [-0.2, -0.15) is 9.97 Å². The highest BCUT2D eigenvalue weighted by Gasteiger charge is 2.11. The van der Waals surface area contributed by atoms with Crippen LogP contribution >= 0.6 is 0 Å². The molecule has 0 radical (unpaired) electrons. The quantitative estimate of drug-likeness (QED) is 0.545. The molecule has 0 saturated carbocycles. The summed E-state index contributed by atoms with van der Waals surface area (Å²) >= 11 is 0. The van der Waals surface area contributed by atoms with Gasteiger partial charge in [0.1, 0.15) is 0 Å². The van der Waals surface area contributed by atoms with Crippen LogP contribution in [0.5, 0.6) is 0 Å². The van der Waals surface area contributed by atoms with Gasteiger partial charge in [-0.15, -0.1) is 0 Å². The Hall–Kier alpha value is -3.54. The number of benzene rings is 2. The molecule has 2 aromatic carbocycles. The average Bonchev–Trinajstić information content (AvgIpc) is 2.67. The molecular weight excluding hydrogens is 336 g/mol. The second-order valence-electron chi connectivity index (χ2n) is 6.54. The Morgan fingerprint density at radius 1 is 0.704 bits per heavy atom. The van der Waals surface area contributed by atoms with Gasteiger partial charge in [-0.25, -0.2) is 9.97 Å². The first-order chi connectivity index (χ1) is 13.1. The van der Waals surface area contributed by atoms with Gasteiger partial charge in [0, 0.05) is 23.8 Å². The van der Waals surface area contributed by atoms with Crippen LogP contribution in [0.25, 0.3) is 11.2 Å². The molecule has 2 heterocycles. The summed E-state index contributed by atoms with van der Waals surface area (Å²) in [6, 6.07) is 14.3. The van der Waals surface area contributed by atoms with Gasteiger partial charge in [0.15, 0.2) is 17.0 Å². The molecule has 0 amide bonds. The molecule has 134 valence electrons. The minimum Gasteiger partial charge on any atom is -0.338 e. The number of nitrogens with zero attached hydrogens (tertiary/aromatic N) is 4. The number of aryl methyl sites for hydroxylation is 3. The summed E-state index contributed by atoms with van der Waals surface area (Å²) in [6.07, 6.45) is 3.27. The van der Waals surface area contributed by atoms with Gasteiger partial charge in [0.05, 0.1) is 0 Å². The molecule has 0 aliphatic heterocycles. The van der Waals surface area contributed by atoms with Crippen LogP contribution in [0.15, 0.2) is 54.9 Å². The van der Waals surface area contributed by atoms with Crippen LogP contribution in [0.3, 0.4) is 0 Å². The lowest BCUT2D eigenvalue weighted by molar-refractivity contribution is 1.15. The summed E-state index contributed by atoms with van der Waals surface area (Å²) in [5.41, 5.74) is 6.68. The Morgan fingerprint density at radius 3 is 2.22 bits per heavy atom. The third-order valence-electron chi connectivity index (χ3n) is 4.41. The smallest absolute Gasteiger partial charge is 0.231 e. The summed E-state index contributed by atoms with van der Waals surface area (Å²) < 4.78 is 0. The lowest BCUT2D eigenvalue weighted by atomic mass is 10.1. The molecule has 4 aromatic rings. The van der Waals surface area contributed by atoms with E-state index in [-0.39, 0.29) is 0 Å². The molecule has 0 atom stereocenters. The third kappa shape index (κ3) is 3.69. The fraction of sp³-hybridized carbons (Fsp3) is 0.143. The number of rotatable bonds is 4. The van der Waals surface area contributed by atoms with Crippen LogP contribution in [0.2, 0.25) is 0 Å². The van der Waals surface area contributed by atoms with E-state index in [0.717, 1.165) is 11.4 Å². The van der Waals surface area contributed by atoms with Gasteiger partial charge < -0.3 is 10.6 Å². The molecule has 0 aliphatic carbocycles. The zero-order chi connectivity index (χ0) is 18.8. The van der Waals surface area contributed by atoms with Crippen LogP contribution < -0.4 is 10.6 Å². The van der Waals surface area contributed by atoms with Gasteiger partial charge in [-0.1, -0.05) is 23.8 Å². The summed E-state index contributed by atoms with van der Waals surface area (Å²) in [4.78, 5) is 17.9. The Labute approximate surface area is 157 Å². The van der Waals surface area contributed by atoms with Crippen LogP contribution in [0.4, 0.5) is 23.1 Å². The average molecular weight is 356 g/mol. The Balaban J connectivity index is 1.73. The molecule has 0 aliphatic rings. The fourth-order valence-corrected chi connectivity index (χ4v) is 2.73. The summed E-state index contributed by atoms with van der Waals surface area (Å²) in [6.45, 7) is 6.23. The molecule has 0 spiro atoms. The highest BCUT2D eigenvalue weighted by atomic mass is 15.2. The first-order valence-electron chi connectivity index (χ1n) is 8.75. The van der Waals surface area contributed by atoms with E-state index in [9.17, 15) is 0 Å². The van der Waals surface area contributed by atoms with E-state index in [1.54, 1.807) is 12.4 Å². The van der Waals surface area contributed by atoms with Crippen molar-refractivity contribution in [3.05, 3.63) is 71.5 Å². The molecular formula is C21H20N6. The molecule has 0 bridgehead atoms. The molecule has 27 heavy (non-hydrogen) atoms. The van der Waals surface area contributed by atoms with Gasteiger partial charge in [-0.05, 0) is 56.2 Å². The van der Waals surface area contributed by atoms with E-state index < -0.39 is 0 Å². The SMILES string of the molecule is Cc1ccc(Nc2nc(Nc3ccc(C)c(C)c3)nc3nccnc23)cc1. The second kappa shape index (κ2) is 6.99. The first kappa shape index (κ1) is 16.9. The molecule has 0 fully saturated rings. The zero-order valence-corrected chi connectivity index (χ0v) is 15.5. The zero-order valence-electron chi connectivity index (χ0n) is 15.5. The van der Waals surface area contributed by atoms with Crippen LogP contribution in [-0.4, -0.2) is 19.9 Å². The molecule has 0 unspecified atom stereocenters. The van der Waals surface area contributed by atoms with Crippen molar-refractivity contribution in [1.82, 2.24) is 19.9 Å². The number of hydrogen-bond acceptors (Lipinski definition) is 6. The van der Waals surface area contributed by atoms with Crippen molar-refractivity contribution in [3.63, 3.8) is 0 Å². The van der Waals surface area contributed by atoms with Crippen LogP contribution in [0, 0.1) is 20.8 Å². The van der Waals surface area contributed by atoms with Crippen molar-refractivity contribution >= 4 is 34.3 Å². The number of aromatic nitrogens is 4. The van der Waals surface area contributed by atoms with Crippen molar-refractivity contribution in [2.75, 3.05) is 10.6 Å². The normalized spacial score (nSPS) is 10.8. The van der Waals surface area contributed by atoms with Gasteiger partial charge >= 0.3 is 0 Å². The maximum atomic E-state index is 4.63. The predicted molar refractivity (Wildman–Crippen MR) is 109 cm³/mol. The standard InChI is InChI=1S/C21H20N6/c1-13-4-7-16(8-5-13)24-20-18-19(23-11-10-22-18)26-21(27-20)25-17-9-6-14(2)15(3)12-17/h4-12H,1-3H3,(H2,23,24,25,26,27). The van der Waals surface area contributed by atoms with Gasteiger partial charge in [0.25, 0.3) is 0 Å². The summed E-state index contributed by atoms with van der Waals surface area (Å²) in [5.74, 6) is 1.09. The van der Waals surface area contributed by atoms with Crippen molar-refractivity contribution in [1.29, 1.82) is 0 Å². The molecule has 6 heteroatoms. The van der Waals surface area contributed by atoms with E-state index in [2.05, 4.69) is 63.5 Å². The largest absolute Gasteiger partial charge is 0.338 e. The number of anilines is 4. The number of nitrogens with one attached hydrogen (secondary N) is 2. The topological polar surface area (TPSA) is 75.6 Å². The van der Waals surface area contributed by atoms with E-state index >= 15 is 0 Å². The minimum absolute atomic E-state index is 0.473. The van der Waals surface area contributed by atoms with E-state index in [1.165, 1.54) is 16.7 Å². The lowest BCUT2D eigenvalue weighted by Crippen LogP contribution is -2.04. The maximum absolute atomic E-state index is 4.63. The van der Waals surface area contributed by atoms with E-state index in [4.69, 9.17) is 0 Å². The minimum atomic E-state index is 0.473. The maximum Gasteiger partial charge on any atom is 0.231 e. The number of fused-ring (bicyclic) bond motifs is 1. The van der Waals surface area contributed by atoms with Crippen molar-refractivity contribution in [2.45, 2.75) is 20.8 Å². The highest BCUT2D eigenvalue weighted by Crippen LogP contribution is 2.24. The van der Waals surface area contributed by atoms with Gasteiger partial charge in [0.2, 0.25) is 5.95 Å². The van der Waals surface area contributed by atoms with Crippen molar-refractivity contribution in [2.24, 2.45) is 0 Å². The Kier molecular flexibility index (Phi) is 4.38. The monoisotopic (exact) mass is 356 g/mol. The molecule has 0 saturated heterocycles. The first-order valence-corrected chi connectivity index (χ1v) is 8.75. The molecule has 6 nitrogen and oxygen atoms in total. The third-order valence-corrected chi connectivity index (χ3v) is 4.41. The van der Waals surface area contributed by atoms with Crippen molar-refractivity contribution in [3.8, 4) is 0 Å². The second-order valence-corrected chi connectivity index (χ2v) is 6.54. The summed E-state index contributed by atoms with van der Waals surface area (Å²) in [7, 11) is 0. The fourth-order valence-electron chi connectivity index (χ4n) is 2.73. The lowest BCUT2D eigenvalue weighted by Gasteiger charge is -2.12. The Morgan fingerprint density at radius 2 is 1.44 bits per heavy atom.